The Morgan fingerprint density at radius 2 is 1.36 bits per heavy atom. The Kier molecular flexibility index (Phi) is 9.56. The van der Waals surface area contributed by atoms with E-state index in [-0.39, 0.29) is 47.8 Å². The van der Waals surface area contributed by atoms with E-state index in [1.54, 1.807) is 24.3 Å². The van der Waals surface area contributed by atoms with Gasteiger partial charge in [-0.15, -0.1) is 24.8 Å². The zero-order valence-corrected chi connectivity index (χ0v) is 30.4. The van der Waals surface area contributed by atoms with Gasteiger partial charge in [0.25, 0.3) is 0 Å². The van der Waals surface area contributed by atoms with Gasteiger partial charge in [-0.05, 0) is 0 Å². The van der Waals surface area contributed by atoms with Crippen molar-refractivity contribution in [3.63, 3.8) is 0 Å². The summed E-state index contributed by atoms with van der Waals surface area (Å²) < 4.78 is 40.3. The summed E-state index contributed by atoms with van der Waals surface area (Å²) in [6.07, 6.45) is 9.12. The monoisotopic (exact) mass is 718 g/mol. The number of fused-ring (bicyclic) bond motifs is 3. The standard InChI is InChI=1S/C17H13.C10H15.2C6H4F.CH2.2ClH.Zr/c1-3-12-5-7-14-11-15-8-6-13(4-2)10-17(15)16(14)9-12;1-8-5-6-9(7-8)10(2,3)4;2*7-6-4-2-1-3-5-6;;;;/h3-7,9-10H,1-2,11H2;6-8H,1-4H3;2*1-2,4-5H;1H2;2*1H;. The molecule has 232 valence electrons. The van der Waals surface area contributed by atoms with E-state index >= 15 is 8.78 Å². The fourth-order valence-electron chi connectivity index (χ4n) is 7.52. The van der Waals surface area contributed by atoms with Gasteiger partial charge in [-0.1, -0.05) is 0 Å². The maximum atomic E-state index is 15.4. The zero-order chi connectivity index (χ0) is 30.8. The van der Waals surface area contributed by atoms with Crippen molar-refractivity contribution in [2.45, 2.75) is 34.1 Å². The quantitative estimate of drug-likeness (QED) is 0.164. The minimum atomic E-state index is -5.42. The second-order valence-electron chi connectivity index (χ2n) is 13.3. The van der Waals surface area contributed by atoms with Crippen LogP contribution in [0.25, 0.3) is 23.3 Å². The molecule has 0 radical (unpaired) electrons. The van der Waals surface area contributed by atoms with Gasteiger partial charge in [-0.3, -0.25) is 0 Å². The van der Waals surface area contributed by atoms with Crippen LogP contribution in [0, 0.1) is 23.0 Å². The van der Waals surface area contributed by atoms with Crippen molar-refractivity contribution in [2.24, 2.45) is 11.3 Å². The summed E-state index contributed by atoms with van der Waals surface area (Å²) in [5.41, 5.74) is 7.87. The number of hydrogen-bond acceptors (Lipinski definition) is 0. The summed E-state index contributed by atoms with van der Waals surface area (Å²) in [5, 5.41) is 0. The van der Waals surface area contributed by atoms with Crippen molar-refractivity contribution in [1.29, 1.82) is 0 Å². The largest absolute Gasteiger partial charge is 0.147 e. The molecule has 2 aliphatic rings. The van der Waals surface area contributed by atoms with Crippen molar-refractivity contribution >= 4 is 51.0 Å². The van der Waals surface area contributed by atoms with Gasteiger partial charge in [0.15, 0.2) is 0 Å². The smallest absolute Gasteiger partial charge is 0.147 e. The van der Waals surface area contributed by atoms with Crippen molar-refractivity contribution in [3.05, 3.63) is 147 Å². The maximum absolute atomic E-state index is 15.4. The predicted molar refractivity (Wildman–Crippen MR) is 193 cm³/mol. The van der Waals surface area contributed by atoms with E-state index in [4.69, 9.17) is 4.21 Å². The van der Waals surface area contributed by atoms with Crippen LogP contribution in [-0.4, -0.2) is 4.21 Å². The topological polar surface area (TPSA) is 0 Å². The molecular weight excluding hydrogens is 681 g/mol. The van der Waals surface area contributed by atoms with Crippen molar-refractivity contribution in [1.82, 2.24) is 0 Å². The summed E-state index contributed by atoms with van der Waals surface area (Å²) in [6, 6.07) is 24.8. The SMILES string of the molecule is C=Cc1ccc2c(c1)-c1cc(C=C)c[c]([Zr](=[CH2])([C]3=CC(C(C)(C)C)=CC3C)([c]3cccc(F)c3)[c]3cccc(F)c3)c1C2.Cl.Cl. The summed E-state index contributed by atoms with van der Waals surface area (Å²) >= 11 is -5.42. The molecule has 6 rings (SSSR count). The van der Waals surface area contributed by atoms with Gasteiger partial charge in [0.2, 0.25) is 0 Å². The number of allylic oxidation sites excluding steroid dienone is 4. The van der Waals surface area contributed by atoms with Crippen LogP contribution in [0.1, 0.15) is 49.9 Å². The molecule has 0 saturated carbocycles. The van der Waals surface area contributed by atoms with Crippen LogP contribution in [0.4, 0.5) is 8.78 Å². The number of hydrogen-bond donors (Lipinski definition) is 0. The Bertz CT molecular complexity index is 1920. The number of rotatable bonds is 6. The predicted octanol–water partition coefficient (Wildman–Crippen LogP) is 9.57. The van der Waals surface area contributed by atoms with Crippen LogP contribution in [-0.2, 0) is 24.7 Å². The molecule has 0 nitrogen and oxygen atoms in total. The average molecular weight is 721 g/mol. The van der Waals surface area contributed by atoms with E-state index in [9.17, 15) is 0 Å². The van der Waals surface area contributed by atoms with Crippen molar-refractivity contribution in [3.8, 4) is 11.1 Å². The number of benzene rings is 4. The molecule has 0 spiro atoms. The van der Waals surface area contributed by atoms with Gasteiger partial charge in [0, 0.05) is 0 Å². The fraction of sp³-hybridized carbons (Fsp3) is 0.175. The summed E-state index contributed by atoms with van der Waals surface area (Å²) in [4.78, 5) is 0. The molecule has 45 heavy (non-hydrogen) atoms. The van der Waals surface area contributed by atoms with Crippen LogP contribution in [0.3, 0.4) is 0 Å². The molecule has 1 atom stereocenters. The van der Waals surface area contributed by atoms with Gasteiger partial charge >= 0.3 is 257 Å². The van der Waals surface area contributed by atoms with E-state index in [1.807, 2.05) is 24.3 Å². The van der Waals surface area contributed by atoms with Crippen LogP contribution < -0.4 is 9.81 Å². The van der Waals surface area contributed by atoms with Gasteiger partial charge in [0.05, 0.1) is 0 Å². The third-order valence-corrected chi connectivity index (χ3v) is 26.2. The molecule has 4 aromatic carbocycles. The van der Waals surface area contributed by atoms with Crippen molar-refractivity contribution in [2.75, 3.05) is 0 Å². The molecule has 0 bridgehead atoms. The third-order valence-electron chi connectivity index (χ3n) is 9.79. The van der Waals surface area contributed by atoms with Crippen LogP contribution in [0.5, 0.6) is 0 Å². The molecule has 4 aromatic rings. The van der Waals surface area contributed by atoms with Gasteiger partial charge in [0.1, 0.15) is 0 Å². The molecule has 0 fully saturated rings. The maximum Gasteiger partial charge on any atom is -0.147 e. The van der Waals surface area contributed by atoms with Crippen LogP contribution >= 0.6 is 24.8 Å². The molecule has 0 aromatic heterocycles. The van der Waals surface area contributed by atoms with Gasteiger partial charge in [-0.2, -0.15) is 0 Å². The number of halogens is 4. The molecule has 0 heterocycles. The average Bonchev–Trinajstić information content (AvgIpc) is 3.57. The molecular formula is C40H40Cl2F2Zr. The molecule has 0 aliphatic heterocycles. The normalized spacial score (nSPS) is 15.6. The summed E-state index contributed by atoms with van der Waals surface area (Å²) in [5.74, 6) is -0.602. The Labute approximate surface area is 279 Å². The first-order valence-electron chi connectivity index (χ1n) is 14.9. The van der Waals surface area contributed by atoms with E-state index in [2.05, 4.69) is 83.3 Å². The zero-order valence-electron chi connectivity index (χ0n) is 26.3. The Morgan fingerprint density at radius 1 is 0.778 bits per heavy atom. The summed E-state index contributed by atoms with van der Waals surface area (Å²) in [7, 11) is 0. The molecule has 0 N–H and O–H groups in total. The van der Waals surface area contributed by atoms with E-state index in [0.717, 1.165) is 32.9 Å². The first-order valence-corrected chi connectivity index (χ1v) is 21.6. The van der Waals surface area contributed by atoms with Gasteiger partial charge < -0.3 is 0 Å². The third kappa shape index (κ3) is 5.36. The second-order valence-corrected chi connectivity index (χ2v) is 26.1. The second kappa shape index (κ2) is 12.3. The fourth-order valence-corrected chi connectivity index (χ4v) is 24.0. The van der Waals surface area contributed by atoms with E-state index in [1.165, 1.54) is 37.7 Å². The van der Waals surface area contributed by atoms with Crippen LogP contribution in [0.15, 0.2) is 113 Å². The Morgan fingerprint density at radius 3 is 1.87 bits per heavy atom. The first kappa shape index (κ1) is 34.9. The molecule has 5 heteroatoms. The minimum absolute atomic E-state index is 0. The Balaban J connectivity index is 0.00000230. The summed E-state index contributed by atoms with van der Waals surface area (Å²) in [6.45, 7) is 17.0. The van der Waals surface area contributed by atoms with Crippen LogP contribution in [0.2, 0.25) is 0 Å². The Hall–Kier alpha value is -2.97. The molecule has 0 amide bonds. The van der Waals surface area contributed by atoms with E-state index < -0.39 is 18.3 Å². The first-order chi connectivity index (χ1) is 20.4. The molecule has 0 saturated heterocycles. The van der Waals surface area contributed by atoms with Gasteiger partial charge in [-0.25, -0.2) is 0 Å². The van der Waals surface area contributed by atoms with E-state index in [0.29, 0.717) is 0 Å². The van der Waals surface area contributed by atoms with Crippen molar-refractivity contribution < 1.29 is 27.1 Å². The molecule has 2 aliphatic carbocycles. The minimum Gasteiger partial charge on any atom is -0.147 e. The molecule has 1 unspecified atom stereocenters.